The number of hydrogen-bond donors (Lipinski definition) is 1. The first kappa shape index (κ1) is 11.4. The van der Waals surface area contributed by atoms with Crippen molar-refractivity contribution in [2.75, 3.05) is 26.7 Å². The average molecular weight is 221 g/mol. The van der Waals surface area contributed by atoms with Crippen LogP contribution in [-0.4, -0.2) is 42.7 Å². The van der Waals surface area contributed by atoms with Gasteiger partial charge in [-0.15, -0.1) is 0 Å². The smallest absolute Gasteiger partial charge is 0.122 e. The van der Waals surface area contributed by atoms with Gasteiger partial charge in [-0.05, 0) is 13.0 Å². The minimum Gasteiger partial charge on any atom is -0.497 e. The number of aromatic nitrogens is 1. The van der Waals surface area contributed by atoms with Crippen LogP contribution in [0.4, 0.5) is 0 Å². The summed E-state index contributed by atoms with van der Waals surface area (Å²) in [6, 6.07) is 4.46. The summed E-state index contributed by atoms with van der Waals surface area (Å²) in [4.78, 5) is 6.82. The van der Waals surface area contributed by atoms with Crippen LogP contribution in [-0.2, 0) is 6.54 Å². The van der Waals surface area contributed by atoms with Gasteiger partial charge in [0, 0.05) is 44.5 Å². The van der Waals surface area contributed by atoms with E-state index in [2.05, 4.69) is 22.1 Å². The predicted molar refractivity (Wildman–Crippen MR) is 63.5 cm³/mol. The molecule has 1 aromatic heterocycles. The number of nitrogens with one attached hydrogen (secondary N) is 1. The van der Waals surface area contributed by atoms with Gasteiger partial charge >= 0.3 is 0 Å². The van der Waals surface area contributed by atoms with Crippen molar-refractivity contribution in [3.63, 3.8) is 0 Å². The molecule has 4 heteroatoms. The van der Waals surface area contributed by atoms with Crippen molar-refractivity contribution in [3.8, 4) is 5.75 Å². The first-order valence-corrected chi connectivity index (χ1v) is 5.73. The summed E-state index contributed by atoms with van der Waals surface area (Å²) in [5.41, 5.74) is 1.08. The first-order chi connectivity index (χ1) is 7.79. The van der Waals surface area contributed by atoms with E-state index < -0.39 is 0 Å². The minimum atomic E-state index is 0.571. The van der Waals surface area contributed by atoms with Crippen LogP contribution in [0.2, 0.25) is 0 Å². The Hall–Kier alpha value is -1.13. The minimum absolute atomic E-state index is 0.571. The van der Waals surface area contributed by atoms with Crippen molar-refractivity contribution in [2.45, 2.75) is 19.5 Å². The van der Waals surface area contributed by atoms with E-state index in [1.165, 1.54) is 0 Å². The molecule has 0 spiro atoms. The quantitative estimate of drug-likeness (QED) is 0.822. The van der Waals surface area contributed by atoms with E-state index in [1.54, 1.807) is 13.3 Å². The largest absolute Gasteiger partial charge is 0.497 e. The molecule has 1 saturated heterocycles. The monoisotopic (exact) mass is 221 g/mol. The van der Waals surface area contributed by atoms with Crippen LogP contribution in [0.3, 0.4) is 0 Å². The Kier molecular flexibility index (Phi) is 3.74. The van der Waals surface area contributed by atoms with E-state index in [0.29, 0.717) is 6.04 Å². The zero-order chi connectivity index (χ0) is 11.4. The molecule has 0 amide bonds. The Balaban J connectivity index is 2.01. The van der Waals surface area contributed by atoms with Crippen LogP contribution in [0, 0.1) is 0 Å². The third-order valence-electron chi connectivity index (χ3n) is 3.03. The molecular formula is C12H19N3O. The van der Waals surface area contributed by atoms with Crippen molar-refractivity contribution in [1.82, 2.24) is 15.2 Å². The highest BCUT2D eigenvalue weighted by atomic mass is 16.5. The van der Waals surface area contributed by atoms with E-state index in [0.717, 1.165) is 37.6 Å². The Morgan fingerprint density at radius 2 is 2.50 bits per heavy atom. The molecule has 1 N–H and O–H groups in total. The van der Waals surface area contributed by atoms with Crippen LogP contribution in [0.25, 0.3) is 0 Å². The molecule has 1 fully saturated rings. The summed E-state index contributed by atoms with van der Waals surface area (Å²) < 4.78 is 5.20. The van der Waals surface area contributed by atoms with Crippen LogP contribution < -0.4 is 10.1 Å². The van der Waals surface area contributed by atoms with Gasteiger partial charge in [0.2, 0.25) is 0 Å². The maximum Gasteiger partial charge on any atom is 0.122 e. The summed E-state index contributed by atoms with van der Waals surface area (Å²) in [6.07, 6.45) is 1.81. The number of pyridine rings is 1. The van der Waals surface area contributed by atoms with Gasteiger partial charge in [0.15, 0.2) is 0 Å². The van der Waals surface area contributed by atoms with E-state index in [4.69, 9.17) is 4.74 Å². The molecule has 0 saturated carbocycles. The Labute approximate surface area is 96.6 Å². The molecule has 1 atom stereocenters. The molecule has 4 nitrogen and oxygen atoms in total. The second-order valence-corrected chi connectivity index (χ2v) is 4.21. The van der Waals surface area contributed by atoms with Crippen LogP contribution >= 0.6 is 0 Å². The normalized spacial score (nSPS) is 22.0. The summed E-state index contributed by atoms with van der Waals surface area (Å²) in [7, 11) is 1.69. The van der Waals surface area contributed by atoms with Crippen molar-refractivity contribution < 1.29 is 4.74 Å². The fraction of sp³-hybridized carbons (Fsp3) is 0.583. The zero-order valence-electron chi connectivity index (χ0n) is 9.94. The molecule has 2 rings (SSSR count). The average Bonchev–Trinajstić information content (AvgIpc) is 2.32. The van der Waals surface area contributed by atoms with Gasteiger partial charge in [-0.3, -0.25) is 9.88 Å². The number of methoxy groups -OCH3 is 1. The predicted octanol–water partition coefficient (Wildman–Crippen LogP) is 0.884. The highest BCUT2D eigenvalue weighted by molar-refractivity contribution is 5.22. The third-order valence-corrected chi connectivity index (χ3v) is 3.03. The van der Waals surface area contributed by atoms with E-state index in [9.17, 15) is 0 Å². The summed E-state index contributed by atoms with van der Waals surface area (Å²) >= 11 is 0. The zero-order valence-corrected chi connectivity index (χ0v) is 9.94. The second-order valence-electron chi connectivity index (χ2n) is 4.21. The SMILES string of the molecule is COc1ccnc(CN2CCNC[C@@H]2C)c1. The molecule has 0 radical (unpaired) electrons. The molecule has 0 bridgehead atoms. The molecule has 0 unspecified atom stereocenters. The molecule has 1 aromatic rings. The summed E-state index contributed by atoms with van der Waals surface area (Å²) in [5.74, 6) is 0.882. The van der Waals surface area contributed by atoms with Crippen LogP contribution in [0.1, 0.15) is 12.6 Å². The number of hydrogen-bond acceptors (Lipinski definition) is 4. The number of nitrogens with zero attached hydrogens (tertiary/aromatic N) is 2. The Bertz CT molecular complexity index is 343. The number of piperazine rings is 1. The maximum atomic E-state index is 5.20. The van der Waals surface area contributed by atoms with E-state index >= 15 is 0 Å². The van der Waals surface area contributed by atoms with Crippen LogP contribution in [0.5, 0.6) is 5.75 Å². The lowest BCUT2D eigenvalue weighted by molar-refractivity contribution is 0.163. The highest BCUT2D eigenvalue weighted by Gasteiger charge is 2.18. The standard InChI is InChI=1S/C12H19N3O/c1-10-8-13-5-6-15(10)9-11-7-12(16-2)3-4-14-11/h3-4,7,10,13H,5-6,8-9H2,1-2H3/t10-/m0/s1. The van der Waals surface area contributed by atoms with Crippen LogP contribution in [0.15, 0.2) is 18.3 Å². The lowest BCUT2D eigenvalue weighted by Crippen LogP contribution is -2.49. The Morgan fingerprint density at radius 3 is 3.25 bits per heavy atom. The molecule has 0 aromatic carbocycles. The lowest BCUT2D eigenvalue weighted by atomic mass is 10.2. The van der Waals surface area contributed by atoms with Gasteiger partial charge < -0.3 is 10.1 Å². The highest BCUT2D eigenvalue weighted by Crippen LogP contribution is 2.13. The molecule has 2 heterocycles. The topological polar surface area (TPSA) is 37.4 Å². The second kappa shape index (κ2) is 5.27. The first-order valence-electron chi connectivity index (χ1n) is 5.73. The Morgan fingerprint density at radius 1 is 1.62 bits per heavy atom. The summed E-state index contributed by atoms with van der Waals surface area (Å²) in [5, 5.41) is 3.39. The fourth-order valence-electron chi connectivity index (χ4n) is 2.00. The van der Waals surface area contributed by atoms with E-state index in [1.807, 2.05) is 12.1 Å². The fourth-order valence-corrected chi connectivity index (χ4v) is 2.00. The molecule has 1 aliphatic rings. The van der Waals surface area contributed by atoms with Gasteiger partial charge in [0.1, 0.15) is 5.75 Å². The molecule has 88 valence electrons. The van der Waals surface area contributed by atoms with Gasteiger partial charge in [0.25, 0.3) is 0 Å². The maximum absolute atomic E-state index is 5.20. The molecule has 16 heavy (non-hydrogen) atoms. The van der Waals surface area contributed by atoms with Crippen molar-refractivity contribution in [3.05, 3.63) is 24.0 Å². The van der Waals surface area contributed by atoms with Gasteiger partial charge in [-0.2, -0.15) is 0 Å². The van der Waals surface area contributed by atoms with Gasteiger partial charge in [-0.1, -0.05) is 0 Å². The van der Waals surface area contributed by atoms with Gasteiger partial charge in [0.05, 0.1) is 12.8 Å². The third kappa shape index (κ3) is 2.71. The van der Waals surface area contributed by atoms with Crippen molar-refractivity contribution >= 4 is 0 Å². The number of rotatable bonds is 3. The van der Waals surface area contributed by atoms with Gasteiger partial charge in [-0.25, -0.2) is 0 Å². The summed E-state index contributed by atoms with van der Waals surface area (Å²) in [6.45, 7) is 6.35. The molecule has 0 aliphatic carbocycles. The molecular weight excluding hydrogens is 202 g/mol. The molecule has 1 aliphatic heterocycles. The number of ether oxygens (including phenoxy) is 1. The van der Waals surface area contributed by atoms with E-state index in [-0.39, 0.29) is 0 Å². The lowest BCUT2D eigenvalue weighted by Gasteiger charge is -2.33. The van der Waals surface area contributed by atoms with Crippen molar-refractivity contribution in [1.29, 1.82) is 0 Å². The van der Waals surface area contributed by atoms with Crippen molar-refractivity contribution in [2.24, 2.45) is 0 Å².